The van der Waals surface area contributed by atoms with Gasteiger partial charge in [-0.15, -0.1) is 0 Å². The zero-order chi connectivity index (χ0) is 21.3. The topological polar surface area (TPSA) is 86.8 Å². The largest absolute Gasteiger partial charge is 0.352 e. The van der Waals surface area contributed by atoms with Gasteiger partial charge in [0.1, 0.15) is 6.04 Å². The van der Waals surface area contributed by atoms with E-state index in [0.29, 0.717) is 31.6 Å². The second kappa shape index (κ2) is 8.67. The van der Waals surface area contributed by atoms with Gasteiger partial charge in [0.15, 0.2) is 0 Å². The molecule has 0 aromatic heterocycles. The standard InChI is InChI=1S/C22H31N3O4S/c1-2-21(26)25-19-11-10-18(30(28,29)24-12-6-3-7-13-24)14-16(19)15-20(25)22(27)23-17-8-4-5-9-17/h10-11,14,17,20H,2-9,12-13,15H2,1H3,(H,23,27)/t20-/m1/s1. The molecule has 1 saturated heterocycles. The first-order chi connectivity index (χ1) is 14.4. The minimum atomic E-state index is -3.55. The molecule has 4 rings (SSSR count). The summed E-state index contributed by atoms with van der Waals surface area (Å²) in [6.45, 7) is 2.88. The Bertz CT molecular complexity index is 918. The molecule has 1 aromatic carbocycles. The second-order valence-corrected chi connectivity index (χ2v) is 10.5. The van der Waals surface area contributed by atoms with Crippen molar-refractivity contribution in [3.05, 3.63) is 23.8 Å². The van der Waals surface area contributed by atoms with E-state index in [1.54, 1.807) is 34.3 Å². The van der Waals surface area contributed by atoms with Crippen molar-refractivity contribution in [1.82, 2.24) is 9.62 Å². The van der Waals surface area contributed by atoms with E-state index in [1.807, 2.05) is 0 Å². The van der Waals surface area contributed by atoms with E-state index in [1.165, 1.54) is 0 Å². The SMILES string of the molecule is CCC(=O)N1c2ccc(S(=O)(=O)N3CCCCC3)cc2C[C@@H]1C(=O)NC1CCCC1. The summed E-state index contributed by atoms with van der Waals surface area (Å²) in [6.07, 6.45) is 7.65. The van der Waals surface area contributed by atoms with Crippen LogP contribution in [0.25, 0.3) is 0 Å². The number of benzene rings is 1. The molecule has 164 valence electrons. The molecule has 7 nitrogen and oxygen atoms in total. The van der Waals surface area contributed by atoms with Crippen LogP contribution >= 0.6 is 0 Å². The number of piperidine rings is 1. The van der Waals surface area contributed by atoms with Crippen LogP contribution in [0.1, 0.15) is 63.9 Å². The predicted molar refractivity (Wildman–Crippen MR) is 115 cm³/mol. The number of nitrogens with one attached hydrogen (secondary N) is 1. The normalized spacial score (nSPS) is 22.8. The molecule has 2 aliphatic heterocycles. The van der Waals surface area contributed by atoms with Crippen LogP contribution in [-0.2, 0) is 26.0 Å². The highest BCUT2D eigenvalue weighted by atomic mass is 32.2. The van der Waals surface area contributed by atoms with E-state index >= 15 is 0 Å². The van der Waals surface area contributed by atoms with E-state index in [9.17, 15) is 18.0 Å². The highest BCUT2D eigenvalue weighted by Crippen LogP contribution is 2.36. The van der Waals surface area contributed by atoms with Gasteiger partial charge in [0.25, 0.3) is 0 Å². The van der Waals surface area contributed by atoms with Crippen molar-refractivity contribution >= 4 is 27.5 Å². The molecule has 0 radical (unpaired) electrons. The molecule has 0 unspecified atom stereocenters. The van der Waals surface area contributed by atoms with Crippen LogP contribution in [-0.4, -0.2) is 49.7 Å². The third kappa shape index (κ3) is 3.99. The molecule has 1 aliphatic carbocycles. The van der Waals surface area contributed by atoms with Gasteiger partial charge in [-0.2, -0.15) is 4.31 Å². The minimum Gasteiger partial charge on any atom is -0.352 e. The van der Waals surface area contributed by atoms with Crippen molar-refractivity contribution in [2.75, 3.05) is 18.0 Å². The molecule has 0 spiro atoms. The number of sulfonamides is 1. The Morgan fingerprint density at radius 1 is 1.07 bits per heavy atom. The zero-order valence-corrected chi connectivity index (χ0v) is 18.4. The van der Waals surface area contributed by atoms with Gasteiger partial charge in [0, 0.05) is 37.7 Å². The van der Waals surface area contributed by atoms with Crippen molar-refractivity contribution < 1.29 is 18.0 Å². The minimum absolute atomic E-state index is 0.119. The van der Waals surface area contributed by atoms with Crippen LogP contribution in [0, 0.1) is 0 Å². The fraction of sp³-hybridized carbons (Fsp3) is 0.636. The average Bonchev–Trinajstić information content (AvgIpc) is 3.40. The Hall–Kier alpha value is -1.93. The number of nitrogens with zero attached hydrogens (tertiary/aromatic N) is 2. The number of hydrogen-bond acceptors (Lipinski definition) is 4. The van der Waals surface area contributed by atoms with Crippen molar-refractivity contribution in [2.45, 2.75) is 81.7 Å². The molecular formula is C22H31N3O4S. The van der Waals surface area contributed by atoms with Gasteiger partial charge >= 0.3 is 0 Å². The van der Waals surface area contributed by atoms with Gasteiger partial charge in [0.05, 0.1) is 4.90 Å². The van der Waals surface area contributed by atoms with Crippen molar-refractivity contribution in [3.63, 3.8) is 0 Å². The van der Waals surface area contributed by atoms with Gasteiger partial charge < -0.3 is 5.32 Å². The lowest BCUT2D eigenvalue weighted by Gasteiger charge is -2.27. The molecular weight excluding hydrogens is 402 g/mol. The van der Waals surface area contributed by atoms with Crippen LogP contribution in [0.3, 0.4) is 0 Å². The quantitative estimate of drug-likeness (QED) is 0.773. The molecule has 2 amide bonds. The van der Waals surface area contributed by atoms with Gasteiger partial charge in [-0.25, -0.2) is 8.42 Å². The lowest BCUT2D eigenvalue weighted by Crippen LogP contribution is -2.50. The summed E-state index contributed by atoms with van der Waals surface area (Å²) in [6, 6.07) is 4.51. The second-order valence-electron chi connectivity index (χ2n) is 8.58. The summed E-state index contributed by atoms with van der Waals surface area (Å²) >= 11 is 0. The first-order valence-electron chi connectivity index (χ1n) is 11.2. The summed E-state index contributed by atoms with van der Waals surface area (Å²) in [5.41, 5.74) is 1.41. The van der Waals surface area contributed by atoms with Gasteiger partial charge in [-0.05, 0) is 49.4 Å². The molecule has 2 fully saturated rings. The summed E-state index contributed by atoms with van der Waals surface area (Å²) in [4.78, 5) is 27.5. The predicted octanol–water partition coefficient (Wildman–Crippen LogP) is 2.59. The smallest absolute Gasteiger partial charge is 0.243 e. The molecule has 1 N–H and O–H groups in total. The number of carbonyl (C=O) groups excluding carboxylic acids is 2. The lowest BCUT2D eigenvalue weighted by atomic mass is 10.1. The maximum Gasteiger partial charge on any atom is 0.243 e. The van der Waals surface area contributed by atoms with E-state index in [-0.39, 0.29) is 22.8 Å². The Balaban J connectivity index is 1.60. The van der Waals surface area contributed by atoms with Crippen molar-refractivity contribution in [3.8, 4) is 0 Å². The Labute approximate surface area is 178 Å². The third-order valence-electron chi connectivity index (χ3n) is 6.56. The first kappa shape index (κ1) is 21.3. The summed E-state index contributed by atoms with van der Waals surface area (Å²) in [5.74, 6) is -0.257. The summed E-state index contributed by atoms with van der Waals surface area (Å²) < 4.78 is 27.7. The van der Waals surface area contributed by atoms with Crippen LogP contribution < -0.4 is 10.2 Å². The van der Waals surface area contributed by atoms with E-state index in [4.69, 9.17) is 0 Å². The first-order valence-corrected chi connectivity index (χ1v) is 12.6. The Kier molecular flexibility index (Phi) is 6.16. The maximum absolute atomic E-state index is 13.1. The van der Waals surface area contributed by atoms with Crippen LogP contribution in [0.15, 0.2) is 23.1 Å². The van der Waals surface area contributed by atoms with Gasteiger partial charge in [0.2, 0.25) is 21.8 Å². The van der Waals surface area contributed by atoms with Crippen LogP contribution in [0.4, 0.5) is 5.69 Å². The molecule has 2 heterocycles. The number of rotatable bonds is 5. The molecule has 8 heteroatoms. The lowest BCUT2D eigenvalue weighted by molar-refractivity contribution is -0.126. The fourth-order valence-corrected chi connectivity index (χ4v) is 6.47. The molecule has 1 saturated carbocycles. The number of hydrogen-bond donors (Lipinski definition) is 1. The highest BCUT2D eigenvalue weighted by molar-refractivity contribution is 7.89. The molecule has 3 aliphatic rings. The van der Waals surface area contributed by atoms with Crippen molar-refractivity contribution in [1.29, 1.82) is 0 Å². The maximum atomic E-state index is 13.1. The third-order valence-corrected chi connectivity index (χ3v) is 8.46. The van der Waals surface area contributed by atoms with Gasteiger partial charge in [-0.1, -0.05) is 26.2 Å². The molecule has 30 heavy (non-hydrogen) atoms. The van der Waals surface area contributed by atoms with Gasteiger partial charge in [-0.3, -0.25) is 14.5 Å². The number of amides is 2. The monoisotopic (exact) mass is 433 g/mol. The van der Waals surface area contributed by atoms with E-state index in [2.05, 4.69) is 5.32 Å². The van der Waals surface area contributed by atoms with E-state index in [0.717, 1.165) is 50.5 Å². The average molecular weight is 434 g/mol. The molecule has 1 atom stereocenters. The number of anilines is 1. The van der Waals surface area contributed by atoms with Crippen molar-refractivity contribution in [2.24, 2.45) is 0 Å². The fourth-order valence-electron chi connectivity index (χ4n) is 4.90. The highest BCUT2D eigenvalue weighted by Gasteiger charge is 2.39. The Morgan fingerprint density at radius 2 is 1.77 bits per heavy atom. The molecule has 0 bridgehead atoms. The van der Waals surface area contributed by atoms with Crippen LogP contribution in [0.5, 0.6) is 0 Å². The number of carbonyl (C=O) groups is 2. The summed E-state index contributed by atoms with van der Waals surface area (Å²) in [5, 5.41) is 3.10. The zero-order valence-electron chi connectivity index (χ0n) is 17.6. The van der Waals surface area contributed by atoms with E-state index < -0.39 is 16.1 Å². The Morgan fingerprint density at radius 3 is 2.43 bits per heavy atom. The number of fused-ring (bicyclic) bond motifs is 1. The van der Waals surface area contributed by atoms with Crippen LogP contribution in [0.2, 0.25) is 0 Å². The molecule has 1 aromatic rings. The summed E-state index contributed by atoms with van der Waals surface area (Å²) in [7, 11) is -3.55.